The summed E-state index contributed by atoms with van der Waals surface area (Å²) in [7, 11) is 0. The summed E-state index contributed by atoms with van der Waals surface area (Å²) in [4.78, 5) is -0.221. The number of rotatable bonds is 1. The van der Waals surface area contributed by atoms with Gasteiger partial charge in [0.1, 0.15) is 0 Å². The molecule has 0 unspecified atom stereocenters. The summed E-state index contributed by atoms with van der Waals surface area (Å²) in [6.07, 6.45) is -2.85. The quantitative estimate of drug-likeness (QED) is 0.390. The third-order valence-electron chi connectivity index (χ3n) is 1.79. The summed E-state index contributed by atoms with van der Waals surface area (Å²) in [5.41, 5.74) is 0. The Hall–Kier alpha value is 0.359. The molecule has 66 valence electrons. The van der Waals surface area contributed by atoms with Crippen LogP contribution in [0.15, 0.2) is 0 Å². The van der Waals surface area contributed by atoms with Crippen molar-refractivity contribution in [3.8, 4) is 0 Å². The molecule has 0 saturated carbocycles. The topological polar surface area (TPSA) is 80.9 Å². The fourth-order valence-electron chi connectivity index (χ4n) is 1.03. The van der Waals surface area contributed by atoms with Crippen molar-refractivity contribution >= 4 is 15.0 Å². The van der Waals surface area contributed by atoms with Gasteiger partial charge in [-0.3, -0.25) is 0 Å². The SMILES string of the molecule is OC[C@@H]1[Se]C[C@@H](O)[C@H](O)[C@@H]1O. The van der Waals surface area contributed by atoms with E-state index in [4.69, 9.17) is 15.3 Å². The van der Waals surface area contributed by atoms with E-state index >= 15 is 0 Å². The molecule has 1 aliphatic heterocycles. The van der Waals surface area contributed by atoms with Crippen LogP contribution in [0, 0.1) is 0 Å². The zero-order chi connectivity index (χ0) is 8.43. The van der Waals surface area contributed by atoms with Gasteiger partial charge >= 0.3 is 70.4 Å². The van der Waals surface area contributed by atoms with Crippen LogP contribution >= 0.6 is 0 Å². The van der Waals surface area contributed by atoms with Gasteiger partial charge in [0.25, 0.3) is 0 Å². The molecule has 0 bridgehead atoms. The molecule has 1 fully saturated rings. The number of aliphatic hydroxyl groups excluding tert-OH is 4. The molecule has 4 atom stereocenters. The van der Waals surface area contributed by atoms with E-state index in [2.05, 4.69) is 0 Å². The van der Waals surface area contributed by atoms with Gasteiger partial charge in [-0.1, -0.05) is 0 Å². The molecule has 4 N–H and O–H groups in total. The molecular weight excluding hydrogens is 215 g/mol. The molecule has 0 aromatic rings. The first kappa shape index (κ1) is 9.45. The van der Waals surface area contributed by atoms with Gasteiger partial charge < -0.3 is 0 Å². The van der Waals surface area contributed by atoms with Crippen molar-refractivity contribution in [3.05, 3.63) is 0 Å². The first-order chi connectivity index (χ1) is 5.16. The fraction of sp³-hybridized carbons (Fsp3) is 1.00. The van der Waals surface area contributed by atoms with Gasteiger partial charge in [0.15, 0.2) is 0 Å². The second-order valence-corrected chi connectivity index (χ2v) is 5.27. The van der Waals surface area contributed by atoms with Crippen molar-refractivity contribution in [1.29, 1.82) is 0 Å². The molecule has 5 heteroatoms. The third kappa shape index (κ3) is 1.93. The molecule has 1 heterocycles. The molecular formula is C6H12O4Se. The summed E-state index contributed by atoms with van der Waals surface area (Å²) in [5.74, 6) is 0. The monoisotopic (exact) mass is 228 g/mol. The van der Waals surface area contributed by atoms with Gasteiger partial charge in [-0.15, -0.1) is 0 Å². The van der Waals surface area contributed by atoms with Crippen LogP contribution in [0.1, 0.15) is 0 Å². The molecule has 0 aromatic carbocycles. The zero-order valence-electron chi connectivity index (χ0n) is 5.92. The summed E-state index contributed by atoms with van der Waals surface area (Å²) in [5, 5.41) is 36.7. The van der Waals surface area contributed by atoms with Crippen LogP contribution in [0.5, 0.6) is 0 Å². The van der Waals surface area contributed by atoms with Gasteiger partial charge in [-0.05, 0) is 0 Å². The predicted octanol–water partition coefficient (Wildman–Crippen LogP) is -2.01. The van der Waals surface area contributed by atoms with E-state index in [-0.39, 0.29) is 26.4 Å². The molecule has 11 heavy (non-hydrogen) atoms. The Kier molecular flexibility index (Phi) is 3.30. The predicted molar refractivity (Wildman–Crippen MR) is 39.4 cm³/mol. The minimum absolute atomic E-state index is 0.0345. The van der Waals surface area contributed by atoms with E-state index in [0.717, 1.165) is 0 Å². The van der Waals surface area contributed by atoms with E-state index in [1.54, 1.807) is 0 Å². The van der Waals surface area contributed by atoms with Crippen molar-refractivity contribution in [3.63, 3.8) is 0 Å². The summed E-state index contributed by atoms with van der Waals surface area (Å²) in [6.45, 7) is -0.106. The molecule has 0 aromatic heterocycles. The maximum atomic E-state index is 9.25. The van der Waals surface area contributed by atoms with Gasteiger partial charge in [-0.2, -0.15) is 0 Å². The van der Waals surface area contributed by atoms with E-state index < -0.39 is 18.3 Å². The van der Waals surface area contributed by atoms with Gasteiger partial charge in [0, 0.05) is 0 Å². The second-order valence-electron chi connectivity index (χ2n) is 2.60. The van der Waals surface area contributed by atoms with Crippen LogP contribution in [0.25, 0.3) is 0 Å². The van der Waals surface area contributed by atoms with Crippen LogP contribution < -0.4 is 0 Å². The number of hydrogen-bond acceptors (Lipinski definition) is 4. The second kappa shape index (κ2) is 3.85. The minimum atomic E-state index is -1.08. The fourth-order valence-corrected chi connectivity index (χ4v) is 3.35. The standard InChI is InChI=1S/C6H12O4Se/c7-1-4-6(10)5(9)3(8)2-11-4/h3-10H,1-2H2/t3-,4+,5+,6-/m1/s1. The van der Waals surface area contributed by atoms with Gasteiger partial charge in [0.05, 0.1) is 0 Å². The van der Waals surface area contributed by atoms with E-state index in [1.165, 1.54) is 0 Å². The molecule has 0 aliphatic carbocycles. The van der Waals surface area contributed by atoms with Crippen molar-refractivity contribution in [2.24, 2.45) is 0 Å². The first-order valence-electron chi connectivity index (χ1n) is 3.43. The molecule has 0 amide bonds. The number of aliphatic hydroxyl groups is 4. The Labute approximate surface area is 71.0 Å². The molecule has 0 spiro atoms. The van der Waals surface area contributed by atoms with Crippen LogP contribution in [0.3, 0.4) is 0 Å². The van der Waals surface area contributed by atoms with Crippen LogP contribution in [-0.2, 0) is 0 Å². The Morgan fingerprint density at radius 1 is 1.18 bits per heavy atom. The van der Waals surface area contributed by atoms with Crippen molar-refractivity contribution in [2.45, 2.75) is 28.4 Å². The Morgan fingerprint density at radius 3 is 2.36 bits per heavy atom. The average molecular weight is 227 g/mol. The molecule has 0 radical (unpaired) electrons. The Morgan fingerprint density at radius 2 is 1.82 bits per heavy atom. The molecule has 1 aliphatic rings. The third-order valence-corrected chi connectivity index (χ3v) is 4.70. The maximum absolute atomic E-state index is 9.25. The Bertz CT molecular complexity index is 130. The summed E-state index contributed by atoms with van der Waals surface area (Å²) in [6, 6.07) is 0. The molecule has 1 saturated heterocycles. The average Bonchev–Trinajstić information content (AvgIpc) is 2.01. The number of hydrogen-bond donors (Lipinski definition) is 4. The van der Waals surface area contributed by atoms with Gasteiger partial charge in [-0.25, -0.2) is 0 Å². The van der Waals surface area contributed by atoms with Crippen LogP contribution in [0.4, 0.5) is 0 Å². The van der Waals surface area contributed by atoms with E-state index in [9.17, 15) is 5.11 Å². The van der Waals surface area contributed by atoms with E-state index in [1.807, 2.05) is 0 Å². The Balaban J connectivity index is 2.52. The van der Waals surface area contributed by atoms with Crippen molar-refractivity contribution < 1.29 is 20.4 Å². The van der Waals surface area contributed by atoms with Crippen LogP contribution in [0.2, 0.25) is 10.1 Å². The summed E-state index contributed by atoms with van der Waals surface area (Å²) < 4.78 is 0. The first-order valence-corrected chi connectivity index (χ1v) is 5.63. The van der Waals surface area contributed by atoms with Gasteiger partial charge in [0.2, 0.25) is 0 Å². The van der Waals surface area contributed by atoms with Crippen molar-refractivity contribution in [2.75, 3.05) is 6.61 Å². The van der Waals surface area contributed by atoms with E-state index in [0.29, 0.717) is 5.32 Å². The molecule has 1 rings (SSSR count). The summed E-state index contributed by atoms with van der Waals surface area (Å²) >= 11 is 0.0345. The van der Waals surface area contributed by atoms with Crippen molar-refractivity contribution in [1.82, 2.24) is 0 Å². The molecule has 4 nitrogen and oxygen atoms in total. The normalized spacial score (nSPS) is 45.8. The zero-order valence-corrected chi connectivity index (χ0v) is 7.63. The van der Waals surface area contributed by atoms with Crippen LogP contribution in [-0.4, -0.2) is 60.3 Å².